The lowest BCUT2D eigenvalue weighted by Gasteiger charge is -2.19. The van der Waals surface area contributed by atoms with Crippen LogP contribution in [0.3, 0.4) is 0 Å². The van der Waals surface area contributed by atoms with Gasteiger partial charge in [0.05, 0.1) is 13.2 Å². The Bertz CT molecular complexity index is 616. The van der Waals surface area contributed by atoms with Crippen molar-refractivity contribution < 1.29 is 9.84 Å². The molecule has 0 amide bonds. The minimum absolute atomic E-state index is 0.127. The number of benzene rings is 2. The zero-order valence-corrected chi connectivity index (χ0v) is 13.7. The van der Waals surface area contributed by atoms with E-state index in [2.05, 4.69) is 32.9 Å². The van der Waals surface area contributed by atoms with Crippen molar-refractivity contribution in [3.63, 3.8) is 0 Å². The molecule has 1 unspecified atom stereocenters. The minimum Gasteiger partial charge on any atom is -0.497 e. The number of aliphatic hydroxyl groups excluding tert-OH is 1. The van der Waals surface area contributed by atoms with Crippen molar-refractivity contribution in [2.24, 2.45) is 0 Å². The highest BCUT2D eigenvalue weighted by molar-refractivity contribution is 5.51. The molecule has 1 atom stereocenters. The molecule has 0 radical (unpaired) electrons. The topological polar surface area (TPSA) is 29.5 Å². The van der Waals surface area contributed by atoms with Crippen LogP contribution in [-0.4, -0.2) is 12.2 Å². The first-order valence-electron chi connectivity index (χ1n) is 7.51. The first-order chi connectivity index (χ1) is 10.4. The highest BCUT2D eigenvalue weighted by atomic mass is 16.5. The summed E-state index contributed by atoms with van der Waals surface area (Å²) in [7, 11) is 1.65. The van der Waals surface area contributed by atoms with E-state index in [9.17, 15) is 5.11 Å². The molecule has 2 aromatic carbocycles. The number of methoxy groups -OCH3 is 1. The smallest absolute Gasteiger partial charge is 0.118 e. The molecule has 0 spiro atoms. The van der Waals surface area contributed by atoms with Crippen LogP contribution in [0.4, 0.5) is 0 Å². The van der Waals surface area contributed by atoms with E-state index in [0.717, 1.165) is 16.9 Å². The molecule has 0 aliphatic rings. The maximum absolute atomic E-state index is 10.3. The molecule has 0 bridgehead atoms. The van der Waals surface area contributed by atoms with Gasteiger partial charge in [-0.3, -0.25) is 0 Å². The summed E-state index contributed by atoms with van der Waals surface area (Å²) in [5.74, 6) is 0.829. The molecule has 0 aliphatic heterocycles. The Morgan fingerprint density at radius 3 is 2.05 bits per heavy atom. The van der Waals surface area contributed by atoms with Gasteiger partial charge in [0, 0.05) is 0 Å². The van der Waals surface area contributed by atoms with Crippen molar-refractivity contribution in [1.29, 1.82) is 0 Å². The van der Waals surface area contributed by atoms with E-state index < -0.39 is 6.10 Å². The quantitative estimate of drug-likeness (QED) is 0.883. The van der Waals surface area contributed by atoms with Gasteiger partial charge in [-0.2, -0.15) is 0 Å². The maximum Gasteiger partial charge on any atom is 0.118 e. The van der Waals surface area contributed by atoms with Crippen LogP contribution in [0.25, 0.3) is 6.08 Å². The number of rotatable bonds is 4. The molecule has 2 nitrogen and oxygen atoms in total. The zero-order valence-electron chi connectivity index (χ0n) is 13.7. The molecule has 0 saturated heterocycles. The molecule has 2 aromatic rings. The summed E-state index contributed by atoms with van der Waals surface area (Å²) in [4.78, 5) is 0. The third-order valence-corrected chi connectivity index (χ3v) is 3.70. The number of aliphatic hydroxyl groups is 1. The van der Waals surface area contributed by atoms with Gasteiger partial charge in [-0.1, -0.05) is 69.3 Å². The van der Waals surface area contributed by atoms with Crippen molar-refractivity contribution in [2.75, 3.05) is 7.11 Å². The zero-order chi connectivity index (χ0) is 16.2. The summed E-state index contributed by atoms with van der Waals surface area (Å²) >= 11 is 0. The van der Waals surface area contributed by atoms with E-state index in [1.54, 1.807) is 13.2 Å². The van der Waals surface area contributed by atoms with Crippen LogP contribution in [0.1, 0.15) is 43.6 Å². The third-order valence-electron chi connectivity index (χ3n) is 3.70. The van der Waals surface area contributed by atoms with Gasteiger partial charge in [0.25, 0.3) is 0 Å². The highest BCUT2D eigenvalue weighted by Gasteiger charge is 2.13. The van der Waals surface area contributed by atoms with Crippen LogP contribution in [0.2, 0.25) is 0 Å². The van der Waals surface area contributed by atoms with Crippen LogP contribution in [0, 0.1) is 0 Å². The van der Waals surface area contributed by atoms with Gasteiger partial charge >= 0.3 is 0 Å². The lowest BCUT2D eigenvalue weighted by Crippen LogP contribution is -2.10. The summed E-state index contributed by atoms with van der Waals surface area (Å²) < 4.78 is 5.13. The van der Waals surface area contributed by atoms with E-state index in [0.29, 0.717) is 0 Å². The molecule has 2 rings (SSSR count). The van der Waals surface area contributed by atoms with Crippen molar-refractivity contribution in [1.82, 2.24) is 0 Å². The Labute approximate surface area is 133 Å². The number of ether oxygens (including phenoxy) is 1. The predicted molar refractivity (Wildman–Crippen MR) is 92.1 cm³/mol. The average Bonchev–Trinajstić information content (AvgIpc) is 2.52. The first-order valence-corrected chi connectivity index (χ1v) is 7.51. The molecular weight excluding hydrogens is 272 g/mol. The fourth-order valence-corrected chi connectivity index (χ4v) is 2.21. The molecule has 116 valence electrons. The monoisotopic (exact) mass is 296 g/mol. The molecule has 0 aliphatic carbocycles. The van der Waals surface area contributed by atoms with E-state index in [1.807, 2.05) is 42.5 Å². The fraction of sp³-hybridized carbons (Fsp3) is 0.300. The second kappa shape index (κ2) is 6.80. The molecule has 2 heteroatoms. The van der Waals surface area contributed by atoms with Crippen LogP contribution in [0.5, 0.6) is 5.75 Å². The fourth-order valence-electron chi connectivity index (χ4n) is 2.21. The van der Waals surface area contributed by atoms with Gasteiger partial charge < -0.3 is 9.84 Å². The summed E-state index contributed by atoms with van der Waals surface area (Å²) in [6.45, 7) is 6.55. The van der Waals surface area contributed by atoms with Gasteiger partial charge in [-0.05, 0) is 34.2 Å². The molecule has 0 aromatic heterocycles. The second-order valence-corrected chi connectivity index (χ2v) is 6.45. The Balaban J connectivity index is 2.07. The predicted octanol–water partition coefficient (Wildman–Crippen LogP) is 4.74. The lowest BCUT2D eigenvalue weighted by atomic mass is 9.86. The average molecular weight is 296 g/mol. The van der Waals surface area contributed by atoms with E-state index in [4.69, 9.17) is 4.74 Å². The second-order valence-electron chi connectivity index (χ2n) is 6.45. The van der Waals surface area contributed by atoms with Crippen molar-refractivity contribution >= 4 is 6.08 Å². The maximum atomic E-state index is 10.3. The van der Waals surface area contributed by atoms with E-state index in [-0.39, 0.29) is 5.41 Å². The van der Waals surface area contributed by atoms with Crippen LogP contribution >= 0.6 is 0 Å². The van der Waals surface area contributed by atoms with Crippen LogP contribution in [0.15, 0.2) is 54.6 Å². The van der Waals surface area contributed by atoms with Gasteiger partial charge in [-0.25, -0.2) is 0 Å². The standard InChI is InChI=1S/C20H24O2/c1-20(2,3)17-10-8-16(9-11-17)19(21)14-7-15-5-12-18(22-4)13-6-15/h5-14,19,21H,1-4H3. The van der Waals surface area contributed by atoms with Crippen molar-refractivity contribution in [2.45, 2.75) is 32.3 Å². The summed E-state index contributed by atoms with van der Waals surface area (Å²) in [5, 5.41) is 10.3. The summed E-state index contributed by atoms with van der Waals surface area (Å²) in [6, 6.07) is 15.9. The van der Waals surface area contributed by atoms with E-state index >= 15 is 0 Å². The third kappa shape index (κ3) is 4.22. The molecule has 0 heterocycles. The van der Waals surface area contributed by atoms with Crippen LogP contribution in [-0.2, 0) is 5.41 Å². The van der Waals surface area contributed by atoms with Gasteiger partial charge in [0.1, 0.15) is 5.75 Å². The molecular formula is C20H24O2. The summed E-state index contributed by atoms with van der Waals surface area (Å²) in [5.41, 5.74) is 3.33. The first kappa shape index (κ1) is 16.3. The molecule has 0 fully saturated rings. The Morgan fingerprint density at radius 2 is 1.55 bits per heavy atom. The minimum atomic E-state index is -0.601. The lowest BCUT2D eigenvalue weighted by molar-refractivity contribution is 0.229. The van der Waals surface area contributed by atoms with E-state index in [1.165, 1.54) is 5.56 Å². The van der Waals surface area contributed by atoms with Crippen molar-refractivity contribution in [3.05, 3.63) is 71.3 Å². The highest BCUT2D eigenvalue weighted by Crippen LogP contribution is 2.24. The van der Waals surface area contributed by atoms with Gasteiger partial charge in [0.15, 0.2) is 0 Å². The van der Waals surface area contributed by atoms with Gasteiger partial charge in [0.2, 0.25) is 0 Å². The normalized spacial score (nSPS) is 13.3. The number of hydrogen-bond donors (Lipinski definition) is 1. The number of hydrogen-bond acceptors (Lipinski definition) is 2. The van der Waals surface area contributed by atoms with Crippen molar-refractivity contribution in [3.8, 4) is 5.75 Å². The van der Waals surface area contributed by atoms with Gasteiger partial charge in [-0.15, -0.1) is 0 Å². The summed E-state index contributed by atoms with van der Waals surface area (Å²) in [6.07, 6.45) is 3.12. The largest absolute Gasteiger partial charge is 0.497 e. The van der Waals surface area contributed by atoms with Crippen LogP contribution < -0.4 is 4.74 Å². The molecule has 22 heavy (non-hydrogen) atoms. The molecule has 0 saturated carbocycles. The Kier molecular flexibility index (Phi) is 5.04. The SMILES string of the molecule is COc1ccc(C=CC(O)c2ccc(C(C)(C)C)cc2)cc1. The Morgan fingerprint density at radius 1 is 0.955 bits per heavy atom. The Hall–Kier alpha value is -2.06. The molecule has 1 N–H and O–H groups in total.